The van der Waals surface area contributed by atoms with Gasteiger partial charge in [0.05, 0.1) is 11.1 Å². The van der Waals surface area contributed by atoms with E-state index in [1.165, 1.54) is 6.07 Å². The Kier molecular flexibility index (Phi) is 2.95. The number of nitrogens with zero attached hydrogens (tertiary/aromatic N) is 1. The zero-order chi connectivity index (χ0) is 14.3. The standard InChI is InChI=1S/C15H10ClNO3/c1-8-2-5-14(20-8)13-7-11(15(18)19)10-6-9(16)3-4-12(10)17-13/h2-7H,1H3,(H,18,19). The Morgan fingerprint density at radius 2 is 2.05 bits per heavy atom. The fraction of sp³-hybridized carbons (Fsp3) is 0.0667. The Morgan fingerprint density at radius 3 is 2.70 bits per heavy atom. The van der Waals surface area contributed by atoms with Crippen LogP contribution < -0.4 is 0 Å². The minimum Gasteiger partial charge on any atom is -0.478 e. The van der Waals surface area contributed by atoms with E-state index >= 15 is 0 Å². The average Bonchev–Trinajstić information content (AvgIpc) is 2.84. The van der Waals surface area contributed by atoms with E-state index in [4.69, 9.17) is 16.0 Å². The molecule has 3 rings (SSSR count). The summed E-state index contributed by atoms with van der Waals surface area (Å²) in [6.07, 6.45) is 0. The molecule has 20 heavy (non-hydrogen) atoms. The van der Waals surface area contributed by atoms with E-state index < -0.39 is 5.97 Å². The summed E-state index contributed by atoms with van der Waals surface area (Å²) in [4.78, 5) is 15.8. The summed E-state index contributed by atoms with van der Waals surface area (Å²) in [5, 5.41) is 10.3. The molecule has 4 nitrogen and oxygen atoms in total. The molecule has 0 bridgehead atoms. The van der Waals surface area contributed by atoms with Crippen molar-refractivity contribution in [1.29, 1.82) is 0 Å². The number of hydrogen-bond acceptors (Lipinski definition) is 3. The highest BCUT2D eigenvalue weighted by Gasteiger charge is 2.14. The maximum atomic E-state index is 11.4. The Labute approximate surface area is 119 Å². The number of aryl methyl sites for hydroxylation is 1. The van der Waals surface area contributed by atoms with Gasteiger partial charge in [-0.15, -0.1) is 0 Å². The number of carboxylic acid groups (broad SMARTS) is 1. The molecule has 1 aromatic carbocycles. The summed E-state index contributed by atoms with van der Waals surface area (Å²) >= 11 is 5.92. The number of pyridine rings is 1. The third-order valence-corrected chi connectivity index (χ3v) is 3.23. The molecule has 2 aromatic heterocycles. The van der Waals surface area contributed by atoms with Crippen molar-refractivity contribution in [3.8, 4) is 11.5 Å². The van der Waals surface area contributed by atoms with Crippen molar-refractivity contribution in [1.82, 2.24) is 4.98 Å². The predicted molar refractivity (Wildman–Crippen MR) is 76.2 cm³/mol. The van der Waals surface area contributed by atoms with Gasteiger partial charge < -0.3 is 9.52 Å². The summed E-state index contributed by atoms with van der Waals surface area (Å²) in [6.45, 7) is 1.82. The molecule has 1 N–H and O–H groups in total. The van der Waals surface area contributed by atoms with Gasteiger partial charge in [-0.05, 0) is 43.3 Å². The van der Waals surface area contributed by atoms with Crippen LogP contribution in [0.1, 0.15) is 16.1 Å². The molecule has 3 aromatic rings. The Morgan fingerprint density at radius 1 is 1.25 bits per heavy atom. The Bertz CT molecular complexity index is 823. The van der Waals surface area contributed by atoms with Crippen molar-refractivity contribution in [2.75, 3.05) is 0 Å². The number of aromatic nitrogens is 1. The lowest BCUT2D eigenvalue weighted by Gasteiger charge is -2.05. The molecule has 0 radical (unpaired) electrons. The third kappa shape index (κ3) is 2.14. The van der Waals surface area contributed by atoms with Crippen LogP contribution in [0.15, 0.2) is 40.8 Å². The quantitative estimate of drug-likeness (QED) is 0.769. The minimum absolute atomic E-state index is 0.154. The first kappa shape index (κ1) is 12.7. The normalized spacial score (nSPS) is 10.9. The van der Waals surface area contributed by atoms with Gasteiger partial charge in [-0.3, -0.25) is 0 Å². The fourth-order valence-corrected chi connectivity index (χ4v) is 2.25. The van der Waals surface area contributed by atoms with Crippen LogP contribution in [0.3, 0.4) is 0 Å². The van der Waals surface area contributed by atoms with E-state index in [9.17, 15) is 9.90 Å². The molecule has 0 aliphatic rings. The van der Waals surface area contributed by atoms with Gasteiger partial charge in [-0.1, -0.05) is 11.6 Å². The SMILES string of the molecule is Cc1ccc(-c2cc(C(=O)O)c3cc(Cl)ccc3n2)o1. The highest BCUT2D eigenvalue weighted by Crippen LogP contribution is 2.28. The second-order valence-corrected chi connectivity index (χ2v) is 4.87. The van der Waals surface area contributed by atoms with Crippen molar-refractivity contribution in [2.24, 2.45) is 0 Å². The van der Waals surface area contributed by atoms with Crippen LogP contribution in [-0.4, -0.2) is 16.1 Å². The number of carboxylic acids is 1. The molecule has 0 aliphatic carbocycles. The zero-order valence-corrected chi connectivity index (χ0v) is 11.3. The maximum Gasteiger partial charge on any atom is 0.336 e. The molecule has 0 saturated heterocycles. The summed E-state index contributed by atoms with van der Waals surface area (Å²) in [5.74, 6) is 0.265. The second-order valence-electron chi connectivity index (χ2n) is 4.43. The van der Waals surface area contributed by atoms with E-state index in [0.717, 1.165) is 5.76 Å². The fourth-order valence-electron chi connectivity index (χ4n) is 2.07. The second kappa shape index (κ2) is 4.65. The first-order valence-corrected chi connectivity index (χ1v) is 6.33. The molecule has 100 valence electrons. The summed E-state index contributed by atoms with van der Waals surface area (Å²) in [7, 11) is 0. The molecule has 0 unspecified atom stereocenters. The van der Waals surface area contributed by atoms with Crippen molar-refractivity contribution < 1.29 is 14.3 Å². The zero-order valence-electron chi connectivity index (χ0n) is 10.6. The van der Waals surface area contributed by atoms with Gasteiger partial charge in [0.15, 0.2) is 5.76 Å². The van der Waals surface area contributed by atoms with Crippen LogP contribution in [0.25, 0.3) is 22.4 Å². The highest BCUT2D eigenvalue weighted by atomic mass is 35.5. The third-order valence-electron chi connectivity index (χ3n) is 2.99. The molecule has 0 fully saturated rings. The van der Waals surface area contributed by atoms with Gasteiger partial charge in [0.2, 0.25) is 0 Å². The first-order valence-electron chi connectivity index (χ1n) is 5.95. The lowest BCUT2D eigenvalue weighted by molar-refractivity contribution is 0.0699. The van der Waals surface area contributed by atoms with Gasteiger partial charge >= 0.3 is 5.97 Å². The highest BCUT2D eigenvalue weighted by molar-refractivity contribution is 6.31. The summed E-state index contributed by atoms with van der Waals surface area (Å²) < 4.78 is 5.50. The molecule has 0 spiro atoms. The smallest absolute Gasteiger partial charge is 0.336 e. The number of halogens is 1. The molecular formula is C15H10ClNO3. The van der Waals surface area contributed by atoms with Crippen LogP contribution in [0.4, 0.5) is 0 Å². The van der Waals surface area contributed by atoms with Crippen molar-refractivity contribution >= 4 is 28.5 Å². The first-order chi connectivity index (χ1) is 9.54. The topological polar surface area (TPSA) is 63.3 Å². The summed E-state index contributed by atoms with van der Waals surface area (Å²) in [6, 6.07) is 10.1. The van der Waals surface area contributed by atoms with E-state index in [2.05, 4.69) is 4.98 Å². The molecule has 5 heteroatoms. The predicted octanol–water partition coefficient (Wildman–Crippen LogP) is 4.15. The molecule has 0 atom stereocenters. The molecule has 0 aliphatic heterocycles. The van der Waals surface area contributed by atoms with E-state index in [-0.39, 0.29) is 5.56 Å². The number of benzene rings is 1. The van der Waals surface area contributed by atoms with Gasteiger partial charge in [0, 0.05) is 10.4 Å². The minimum atomic E-state index is -1.02. The van der Waals surface area contributed by atoms with Gasteiger partial charge in [0.1, 0.15) is 11.5 Å². The van der Waals surface area contributed by atoms with Crippen LogP contribution in [0.2, 0.25) is 5.02 Å². The number of rotatable bonds is 2. The summed E-state index contributed by atoms with van der Waals surface area (Å²) in [5.41, 5.74) is 1.21. The van der Waals surface area contributed by atoms with Crippen molar-refractivity contribution in [3.05, 3.63) is 52.7 Å². The average molecular weight is 288 g/mol. The lowest BCUT2D eigenvalue weighted by atomic mass is 10.1. The maximum absolute atomic E-state index is 11.4. The molecule has 0 saturated carbocycles. The van der Waals surface area contributed by atoms with Crippen LogP contribution in [-0.2, 0) is 0 Å². The van der Waals surface area contributed by atoms with E-state index in [0.29, 0.717) is 27.4 Å². The molecule has 0 amide bonds. The van der Waals surface area contributed by atoms with Crippen LogP contribution in [0, 0.1) is 6.92 Å². The Hall–Kier alpha value is -2.33. The van der Waals surface area contributed by atoms with Crippen molar-refractivity contribution in [2.45, 2.75) is 6.92 Å². The number of aromatic carboxylic acids is 1. The molecular weight excluding hydrogens is 278 g/mol. The van der Waals surface area contributed by atoms with Gasteiger partial charge in [0.25, 0.3) is 0 Å². The van der Waals surface area contributed by atoms with Gasteiger partial charge in [-0.25, -0.2) is 9.78 Å². The van der Waals surface area contributed by atoms with Crippen LogP contribution in [0.5, 0.6) is 0 Å². The lowest BCUT2D eigenvalue weighted by Crippen LogP contribution is -2.00. The van der Waals surface area contributed by atoms with Gasteiger partial charge in [-0.2, -0.15) is 0 Å². The van der Waals surface area contributed by atoms with Crippen LogP contribution >= 0.6 is 11.6 Å². The Balaban J connectivity index is 2.31. The number of hydrogen-bond donors (Lipinski definition) is 1. The monoisotopic (exact) mass is 287 g/mol. The van der Waals surface area contributed by atoms with Crippen molar-refractivity contribution in [3.63, 3.8) is 0 Å². The number of carbonyl (C=O) groups is 1. The number of furan rings is 1. The van der Waals surface area contributed by atoms with E-state index in [1.807, 2.05) is 13.0 Å². The number of fused-ring (bicyclic) bond motifs is 1. The largest absolute Gasteiger partial charge is 0.478 e. The van der Waals surface area contributed by atoms with E-state index in [1.54, 1.807) is 24.3 Å². The molecule has 2 heterocycles.